The number of thioether (sulfide) groups is 1. The molecule has 1 fully saturated rings. The number of aromatic amines is 1. The van der Waals surface area contributed by atoms with E-state index in [9.17, 15) is 24.3 Å². The molecule has 0 saturated carbocycles. The first kappa shape index (κ1) is 19.7. The largest absolute Gasteiger partial charge is 0.477 e. The number of amides is 2. The average Bonchev–Trinajstić information content (AvgIpc) is 3.09. The third kappa shape index (κ3) is 3.96. The number of nitrogens with zero attached hydrogens (tertiary/aromatic N) is 2. The molecule has 2 aliphatic heterocycles. The van der Waals surface area contributed by atoms with Crippen LogP contribution in [0.15, 0.2) is 17.5 Å². The van der Waals surface area contributed by atoms with Gasteiger partial charge in [-0.1, -0.05) is 0 Å². The molecule has 150 valence electrons. The molecular formula is C16H19N5O6S. The highest BCUT2D eigenvalue weighted by molar-refractivity contribution is 8.00. The van der Waals surface area contributed by atoms with E-state index in [-0.39, 0.29) is 18.7 Å². The molecule has 1 unspecified atom stereocenters. The minimum Gasteiger partial charge on any atom is -0.477 e. The zero-order chi connectivity index (χ0) is 20.4. The molecule has 11 nitrogen and oxygen atoms in total. The molecule has 0 radical (unpaired) electrons. The first-order valence-electron chi connectivity index (χ1n) is 8.40. The molecule has 3 heterocycles. The highest BCUT2D eigenvalue weighted by Crippen LogP contribution is 2.41. The number of imidazole rings is 1. The lowest BCUT2D eigenvalue weighted by molar-refractivity contribution is -0.147. The molecule has 2 aliphatic rings. The van der Waals surface area contributed by atoms with E-state index in [0.717, 1.165) is 0 Å². The third-order valence-electron chi connectivity index (χ3n) is 4.25. The molecule has 1 aromatic heterocycles. The van der Waals surface area contributed by atoms with E-state index in [0.29, 0.717) is 29.4 Å². The van der Waals surface area contributed by atoms with Crippen LogP contribution in [0.3, 0.4) is 0 Å². The number of carbonyl (C=O) groups is 4. The van der Waals surface area contributed by atoms with Crippen LogP contribution in [0, 0.1) is 0 Å². The third-order valence-corrected chi connectivity index (χ3v) is 5.59. The van der Waals surface area contributed by atoms with E-state index in [1.165, 1.54) is 23.6 Å². The first-order chi connectivity index (χ1) is 13.3. The summed E-state index contributed by atoms with van der Waals surface area (Å²) in [6.45, 7) is 1.07. The molecule has 3 rings (SSSR count). The Morgan fingerprint density at radius 2 is 2.25 bits per heavy atom. The number of anilines is 1. The second kappa shape index (κ2) is 7.92. The lowest BCUT2D eigenvalue weighted by Gasteiger charge is -2.49. The van der Waals surface area contributed by atoms with Crippen LogP contribution in [-0.2, 0) is 30.3 Å². The number of nitrogens with two attached hydrogens (primary N) is 1. The monoisotopic (exact) mass is 409 g/mol. The fourth-order valence-electron chi connectivity index (χ4n) is 2.94. The molecule has 28 heavy (non-hydrogen) atoms. The normalized spacial score (nSPS) is 21.0. The zero-order valence-corrected chi connectivity index (χ0v) is 15.7. The number of carboxylic acids is 1. The van der Waals surface area contributed by atoms with Gasteiger partial charge in [0, 0.05) is 30.9 Å². The quantitative estimate of drug-likeness (QED) is 0.324. The van der Waals surface area contributed by atoms with Crippen LogP contribution in [0.4, 0.5) is 5.95 Å². The SMILES string of the molecule is CC(=O)OCC1=C(C(=O)O)N2C(=O)C(Nc3nc(CCC(N)=O)c[nH]3)[C@H]2SC1. The van der Waals surface area contributed by atoms with E-state index in [2.05, 4.69) is 15.3 Å². The molecular weight excluding hydrogens is 390 g/mol. The van der Waals surface area contributed by atoms with Gasteiger partial charge in [0.1, 0.15) is 23.7 Å². The number of hydrogen-bond donors (Lipinski definition) is 4. The lowest BCUT2D eigenvalue weighted by Crippen LogP contribution is -2.67. The summed E-state index contributed by atoms with van der Waals surface area (Å²) in [4.78, 5) is 54.4. The van der Waals surface area contributed by atoms with Crippen molar-refractivity contribution in [3.05, 3.63) is 23.2 Å². The summed E-state index contributed by atoms with van der Waals surface area (Å²) in [5.74, 6) is -1.94. The fraction of sp³-hybridized carbons (Fsp3) is 0.438. The summed E-state index contributed by atoms with van der Waals surface area (Å²) in [7, 11) is 0. The van der Waals surface area contributed by atoms with Crippen molar-refractivity contribution in [1.29, 1.82) is 0 Å². The standard InChI is InChI=1S/C16H19N5O6S/c1-7(22)27-5-8-6-28-14-11(13(24)21(14)12(8)15(25)26)20-16-18-4-9(19-16)2-3-10(17)23/h4,11,14H,2-3,5-6H2,1H3,(H2,17,23)(H,25,26)(H2,18,19,20)/t11?,14-/m1/s1. The van der Waals surface area contributed by atoms with E-state index < -0.39 is 35.2 Å². The van der Waals surface area contributed by atoms with Gasteiger partial charge in [0.25, 0.3) is 5.91 Å². The van der Waals surface area contributed by atoms with Gasteiger partial charge in [-0.15, -0.1) is 11.8 Å². The van der Waals surface area contributed by atoms with Crippen molar-refractivity contribution >= 4 is 41.5 Å². The number of H-pyrrole nitrogens is 1. The summed E-state index contributed by atoms with van der Waals surface area (Å²) in [6.07, 6.45) is 2.15. The van der Waals surface area contributed by atoms with Crippen molar-refractivity contribution in [1.82, 2.24) is 14.9 Å². The van der Waals surface area contributed by atoms with Crippen LogP contribution in [0.2, 0.25) is 0 Å². The maximum absolute atomic E-state index is 12.6. The number of fused-ring (bicyclic) bond motifs is 1. The first-order valence-corrected chi connectivity index (χ1v) is 9.45. The highest BCUT2D eigenvalue weighted by Gasteiger charge is 2.54. The van der Waals surface area contributed by atoms with Gasteiger partial charge in [-0.05, 0) is 6.42 Å². The van der Waals surface area contributed by atoms with Crippen LogP contribution in [0.25, 0.3) is 0 Å². The fourth-order valence-corrected chi connectivity index (χ4v) is 4.27. The number of aromatic nitrogens is 2. The number of ether oxygens (including phenoxy) is 1. The summed E-state index contributed by atoms with van der Waals surface area (Å²) in [5, 5.41) is 12.1. The van der Waals surface area contributed by atoms with Crippen LogP contribution in [-0.4, -0.2) is 67.5 Å². The lowest BCUT2D eigenvalue weighted by atomic mass is 10.0. The molecule has 1 aromatic rings. The van der Waals surface area contributed by atoms with Crippen molar-refractivity contribution in [2.45, 2.75) is 31.2 Å². The van der Waals surface area contributed by atoms with Crippen LogP contribution in [0.1, 0.15) is 19.0 Å². The molecule has 0 bridgehead atoms. The van der Waals surface area contributed by atoms with Crippen molar-refractivity contribution in [3.8, 4) is 0 Å². The number of rotatable bonds is 8. The van der Waals surface area contributed by atoms with Gasteiger partial charge in [0.15, 0.2) is 0 Å². The average molecular weight is 409 g/mol. The molecule has 2 amide bonds. The Balaban J connectivity index is 1.69. The summed E-state index contributed by atoms with van der Waals surface area (Å²) in [5.41, 5.74) is 5.97. The second-order valence-electron chi connectivity index (χ2n) is 6.28. The number of primary amides is 1. The number of nitrogens with one attached hydrogen (secondary N) is 2. The number of carbonyl (C=O) groups excluding carboxylic acids is 3. The van der Waals surface area contributed by atoms with E-state index >= 15 is 0 Å². The van der Waals surface area contributed by atoms with Gasteiger partial charge in [0.2, 0.25) is 11.9 Å². The number of β-lactam (4-membered cyclic amide) rings is 1. The molecule has 1 saturated heterocycles. The Morgan fingerprint density at radius 3 is 2.89 bits per heavy atom. The molecule has 0 aliphatic carbocycles. The van der Waals surface area contributed by atoms with Crippen LogP contribution >= 0.6 is 11.8 Å². The highest BCUT2D eigenvalue weighted by atomic mass is 32.2. The van der Waals surface area contributed by atoms with Crippen molar-refractivity contribution in [2.75, 3.05) is 17.7 Å². The number of aliphatic carboxylic acids is 1. The van der Waals surface area contributed by atoms with Gasteiger partial charge in [-0.25, -0.2) is 9.78 Å². The van der Waals surface area contributed by atoms with Crippen molar-refractivity contribution in [2.24, 2.45) is 5.73 Å². The Morgan fingerprint density at radius 1 is 1.50 bits per heavy atom. The Hall–Kier alpha value is -3.02. The van der Waals surface area contributed by atoms with Gasteiger partial charge < -0.3 is 25.9 Å². The molecule has 12 heteroatoms. The Labute approximate surface area is 163 Å². The smallest absolute Gasteiger partial charge is 0.352 e. The Bertz CT molecular complexity index is 865. The number of esters is 1. The maximum atomic E-state index is 12.6. The van der Waals surface area contributed by atoms with E-state index in [4.69, 9.17) is 10.5 Å². The number of aryl methyl sites for hydroxylation is 1. The summed E-state index contributed by atoms with van der Waals surface area (Å²) < 4.78 is 4.89. The molecule has 5 N–H and O–H groups in total. The van der Waals surface area contributed by atoms with Gasteiger partial charge in [-0.3, -0.25) is 19.3 Å². The van der Waals surface area contributed by atoms with E-state index in [1.807, 2.05) is 0 Å². The predicted molar refractivity (Wildman–Crippen MR) is 97.9 cm³/mol. The zero-order valence-electron chi connectivity index (χ0n) is 14.9. The second-order valence-corrected chi connectivity index (χ2v) is 7.38. The van der Waals surface area contributed by atoms with Crippen LogP contribution < -0.4 is 11.1 Å². The predicted octanol–water partition coefficient (Wildman–Crippen LogP) is -0.575. The van der Waals surface area contributed by atoms with Crippen molar-refractivity contribution < 1.29 is 29.0 Å². The van der Waals surface area contributed by atoms with Gasteiger partial charge in [-0.2, -0.15) is 0 Å². The van der Waals surface area contributed by atoms with Crippen LogP contribution in [0.5, 0.6) is 0 Å². The topological polar surface area (TPSA) is 168 Å². The maximum Gasteiger partial charge on any atom is 0.352 e. The Kier molecular flexibility index (Phi) is 5.58. The number of hydrogen-bond acceptors (Lipinski definition) is 8. The number of carboxylic acid groups (broad SMARTS) is 1. The molecule has 0 aromatic carbocycles. The minimum atomic E-state index is -1.24. The summed E-state index contributed by atoms with van der Waals surface area (Å²) >= 11 is 1.37. The molecule has 2 atom stereocenters. The summed E-state index contributed by atoms with van der Waals surface area (Å²) in [6, 6.07) is -0.648. The van der Waals surface area contributed by atoms with Gasteiger partial charge >= 0.3 is 11.9 Å². The minimum absolute atomic E-state index is 0.144. The van der Waals surface area contributed by atoms with E-state index in [1.54, 1.807) is 6.20 Å². The van der Waals surface area contributed by atoms with Gasteiger partial charge in [0.05, 0.1) is 5.69 Å². The van der Waals surface area contributed by atoms with Crippen molar-refractivity contribution in [3.63, 3.8) is 0 Å². The molecule has 0 spiro atoms.